The summed E-state index contributed by atoms with van der Waals surface area (Å²) in [5.41, 5.74) is 0.843. The van der Waals surface area contributed by atoms with Gasteiger partial charge in [0, 0.05) is 31.2 Å². The van der Waals surface area contributed by atoms with Crippen molar-refractivity contribution in [3.63, 3.8) is 0 Å². The second-order valence-electron chi connectivity index (χ2n) is 6.10. The van der Waals surface area contributed by atoms with Crippen LogP contribution in [0.3, 0.4) is 0 Å². The first-order chi connectivity index (χ1) is 13.0. The fourth-order valence-electron chi connectivity index (χ4n) is 2.98. The number of thiophene rings is 1. The molecule has 0 aliphatic carbocycles. The minimum Gasteiger partial charge on any atom is -0.352 e. The van der Waals surface area contributed by atoms with Crippen LogP contribution in [0.15, 0.2) is 58.8 Å². The molecule has 0 unspecified atom stereocenters. The minimum absolute atomic E-state index is 0.226. The van der Waals surface area contributed by atoms with E-state index in [1.165, 1.54) is 10.4 Å². The predicted molar refractivity (Wildman–Crippen MR) is 108 cm³/mol. The summed E-state index contributed by atoms with van der Waals surface area (Å²) in [7, 11) is -3.54. The molecule has 2 aromatic heterocycles. The van der Waals surface area contributed by atoms with E-state index in [0.717, 1.165) is 16.4 Å². The van der Waals surface area contributed by atoms with Crippen molar-refractivity contribution in [2.45, 2.75) is 4.90 Å². The Kier molecular flexibility index (Phi) is 5.14. The van der Waals surface area contributed by atoms with Crippen LogP contribution in [-0.2, 0) is 10.0 Å². The molecule has 0 radical (unpaired) electrons. The van der Waals surface area contributed by atoms with Crippen LogP contribution < -0.4 is 4.90 Å². The van der Waals surface area contributed by atoms with Gasteiger partial charge in [-0.05, 0) is 41.8 Å². The van der Waals surface area contributed by atoms with Crippen LogP contribution in [-0.4, -0.2) is 49.1 Å². The van der Waals surface area contributed by atoms with E-state index in [1.807, 2.05) is 29.6 Å². The molecule has 0 bridgehead atoms. The Bertz CT molecular complexity index is 1020. The van der Waals surface area contributed by atoms with Crippen LogP contribution in [0, 0.1) is 0 Å². The summed E-state index contributed by atoms with van der Waals surface area (Å²) in [5, 5.41) is 11.0. The Balaban J connectivity index is 1.44. The normalized spacial score (nSPS) is 15.8. The lowest BCUT2D eigenvalue weighted by atomic mass is 10.3. The molecule has 0 amide bonds. The summed E-state index contributed by atoms with van der Waals surface area (Å²) in [6.07, 6.45) is 0. The first-order valence-corrected chi connectivity index (χ1v) is 11.1. The van der Waals surface area contributed by atoms with Crippen LogP contribution in [0.2, 0.25) is 5.02 Å². The van der Waals surface area contributed by atoms with Crippen molar-refractivity contribution in [1.29, 1.82) is 0 Å². The van der Waals surface area contributed by atoms with Crippen molar-refractivity contribution in [2.75, 3.05) is 31.1 Å². The Morgan fingerprint density at radius 2 is 1.78 bits per heavy atom. The Hall–Kier alpha value is -2.00. The van der Waals surface area contributed by atoms with E-state index in [0.29, 0.717) is 31.2 Å². The Labute approximate surface area is 167 Å². The quantitative estimate of drug-likeness (QED) is 0.647. The highest BCUT2D eigenvalue weighted by Crippen LogP contribution is 2.25. The monoisotopic (exact) mass is 420 g/mol. The van der Waals surface area contributed by atoms with Gasteiger partial charge in [-0.15, -0.1) is 21.5 Å². The second kappa shape index (κ2) is 7.55. The average Bonchev–Trinajstić information content (AvgIpc) is 3.23. The van der Waals surface area contributed by atoms with E-state index in [9.17, 15) is 8.42 Å². The minimum atomic E-state index is -3.54. The van der Waals surface area contributed by atoms with Crippen LogP contribution in [0.4, 0.5) is 5.82 Å². The first-order valence-electron chi connectivity index (χ1n) is 8.42. The summed E-state index contributed by atoms with van der Waals surface area (Å²) < 4.78 is 27.0. The second-order valence-corrected chi connectivity index (χ2v) is 9.42. The van der Waals surface area contributed by atoms with E-state index in [4.69, 9.17) is 11.6 Å². The number of benzene rings is 1. The van der Waals surface area contributed by atoms with Gasteiger partial charge < -0.3 is 4.90 Å². The third-order valence-corrected chi connectivity index (χ3v) is 7.44. The van der Waals surface area contributed by atoms with Crippen molar-refractivity contribution in [3.8, 4) is 10.6 Å². The van der Waals surface area contributed by atoms with E-state index in [1.54, 1.807) is 29.5 Å². The molecule has 6 nitrogen and oxygen atoms in total. The number of nitrogens with zero attached hydrogens (tertiary/aromatic N) is 4. The van der Waals surface area contributed by atoms with Gasteiger partial charge >= 0.3 is 0 Å². The number of aromatic nitrogens is 2. The van der Waals surface area contributed by atoms with Gasteiger partial charge in [0.05, 0.1) is 9.77 Å². The molecule has 0 atom stereocenters. The molecule has 27 heavy (non-hydrogen) atoms. The number of piperazine rings is 1. The molecule has 1 saturated heterocycles. The molecule has 0 saturated carbocycles. The molecule has 1 aliphatic heterocycles. The molecule has 3 heterocycles. The predicted octanol–water partition coefficient (Wildman–Crippen LogP) is 3.37. The smallest absolute Gasteiger partial charge is 0.243 e. The Morgan fingerprint density at radius 1 is 0.963 bits per heavy atom. The van der Waals surface area contributed by atoms with Crippen LogP contribution >= 0.6 is 22.9 Å². The van der Waals surface area contributed by atoms with Crippen LogP contribution in [0.5, 0.6) is 0 Å². The van der Waals surface area contributed by atoms with Crippen molar-refractivity contribution in [2.24, 2.45) is 0 Å². The van der Waals surface area contributed by atoms with E-state index in [-0.39, 0.29) is 4.90 Å². The molecular weight excluding hydrogens is 404 g/mol. The highest BCUT2D eigenvalue weighted by molar-refractivity contribution is 7.89. The average molecular weight is 421 g/mol. The maximum absolute atomic E-state index is 12.8. The van der Waals surface area contributed by atoms with E-state index < -0.39 is 10.0 Å². The molecule has 0 N–H and O–H groups in total. The first kappa shape index (κ1) is 18.4. The van der Waals surface area contributed by atoms with Gasteiger partial charge in [-0.2, -0.15) is 4.31 Å². The van der Waals surface area contributed by atoms with Crippen LogP contribution in [0.25, 0.3) is 10.6 Å². The maximum Gasteiger partial charge on any atom is 0.243 e. The van der Waals surface area contributed by atoms with E-state index >= 15 is 0 Å². The lowest BCUT2D eigenvalue weighted by Gasteiger charge is -2.34. The number of sulfonamides is 1. The zero-order chi connectivity index (χ0) is 18.9. The molecule has 3 aromatic rings. The number of hydrogen-bond acceptors (Lipinski definition) is 6. The molecule has 140 valence electrons. The fourth-order valence-corrected chi connectivity index (χ4v) is 5.40. The topological polar surface area (TPSA) is 66.4 Å². The van der Waals surface area contributed by atoms with Gasteiger partial charge in [0.25, 0.3) is 0 Å². The molecule has 0 spiro atoms. The van der Waals surface area contributed by atoms with Gasteiger partial charge in [0.2, 0.25) is 10.0 Å². The number of hydrogen-bond donors (Lipinski definition) is 0. The van der Waals surface area contributed by atoms with Gasteiger partial charge in [0.1, 0.15) is 5.69 Å². The summed E-state index contributed by atoms with van der Waals surface area (Å²) in [6.45, 7) is 1.91. The summed E-state index contributed by atoms with van der Waals surface area (Å²) in [6, 6.07) is 14.2. The third-order valence-electron chi connectivity index (χ3n) is 4.42. The number of rotatable bonds is 4. The fraction of sp³-hybridized carbons (Fsp3) is 0.222. The third kappa shape index (κ3) is 3.84. The lowest BCUT2D eigenvalue weighted by molar-refractivity contribution is 0.383. The van der Waals surface area contributed by atoms with E-state index in [2.05, 4.69) is 15.1 Å². The van der Waals surface area contributed by atoms with Gasteiger partial charge in [-0.25, -0.2) is 8.42 Å². The zero-order valence-corrected chi connectivity index (χ0v) is 16.7. The number of anilines is 1. The summed E-state index contributed by atoms with van der Waals surface area (Å²) >= 11 is 7.56. The summed E-state index contributed by atoms with van der Waals surface area (Å²) in [5.74, 6) is 0.759. The standard InChI is InChI=1S/C18H17ClN4O2S2/c19-14-3-1-4-15(13-14)27(24,25)23-10-8-22(9-11-23)18-7-6-16(20-21-18)17-5-2-12-26-17/h1-7,12-13H,8-11H2. The number of halogens is 1. The molecule has 1 aromatic carbocycles. The van der Waals surface area contributed by atoms with Gasteiger partial charge in [-0.1, -0.05) is 23.7 Å². The SMILES string of the molecule is O=S(=O)(c1cccc(Cl)c1)N1CCN(c2ccc(-c3cccs3)nn2)CC1. The molecule has 1 aliphatic rings. The Morgan fingerprint density at radius 3 is 2.41 bits per heavy atom. The zero-order valence-electron chi connectivity index (χ0n) is 14.3. The highest BCUT2D eigenvalue weighted by atomic mass is 35.5. The molecule has 4 rings (SSSR count). The van der Waals surface area contributed by atoms with Crippen molar-refractivity contribution in [3.05, 3.63) is 58.9 Å². The van der Waals surface area contributed by atoms with Crippen molar-refractivity contribution >= 4 is 38.8 Å². The van der Waals surface area contributed by atoms with Gasteiger partial charge in [0.15, 0.2) is 5.82 Å². The molecular formula is C18H17ClN4O2S2. The van der Waals surface area contributed by atoms with Crippen LogP contribution in [0.1, 0.15) is 0 Å². The molecule has 9 heteroatoms. The molecule has 1 fully saturated rings. The highest BCUT2D eigenvalue weighted by Gasteiger charge is 2.29. The van der Waals surface area contributed by atoms with Crippen molar-refractivity contribution in [1.82, 2.24) is 14.5 Å². The summed E-state index contributed by atoms with van der Waals surface area (Å²) in [4.78, 5) is 3.35. The van der Waals surface area contributed by atoms with Gasteiger partial charge in [-0.3, -0.25) is 0 Å². The van der Waals surface area contributed by atoms with Crippen molar-refractivity contribution < 1.29 is 8.42 Å². The lowest BCUT2D eigenvalue weighted by Crippen LogP contribution is -2.49. The maximum atomic E-state index is 12.8. The largest absolute Gasteiger partial charge is 0.352 e.